The van der Waals surface area contributed by atoms with Crippen LogP contribution in [0.1, 0.15) is 35.0 Å². The fraction of sp³-hybridized carbons (Fsp3) is 0.538. The number of nitrogens with two attached hydrogens (primary N) is 1. The molecular formula is C13H19N3O2S. The van der Waals surface area contributed by atoms with Crippen LogP contribution in [0.5, 0.6) is 0 Å². The van der Waals surface area contributed by atoms with E-state index in [1.165, 1.54) is 11.3 Å². The summed E-state index contributed by atoms with van der Waals surface area (Å²) in [5.74, 6) is 0.477. The highest BCUT2D eigenvalue weighted by Crippen LogP contribution is 2.23. The number of carbonyl (C=O) groups excluding carboxylic acids is 1. The summed E-state index contributed by atoms with van der Waals surface area (Å²) in [5, 5.41) is 13.7. The first-order valence-electron chi connectivity index (χ1n) is 6.50. The van der Waals surface area contributed by atoms with Crippen molar-refractivity contribution in [3.05, 3.63) is 21.9 Å². The first kappa shape index (κ1) is 13.9. The maximum atomic E-state index is 12.4. The summed E-state index contributed by atoms with van der Waals surface area (Å²) in [6.07, 6.45) is 2.40. The highest BCUT2D eigenvalue weighted by Gasteiger charge is 2.27. The van der Waals surface area contributed by atoms with Crippen LogP contribution in [0.3, 0.4) is 0 Å². The zero-order valence-corrected chi connectivity index (χ0v) is 11.8. The summed E-state index contributed by atoms with van der Waals surface area (Å²) in [6.45, 7) is 3.39. The summed E-state index contributed by atoms with van der Waals surface area (Å²) in [5.41, 5.74) is 6.73. The standard InChI is InChI=1S/C13H19N3O2S/c1-2-9-5-8-19-11(9)13(17)16-6-3-10(4-7-16)12(14)15-18/h5,8,10,18H,2-4,6-7H2,1H3,(H2,14,15). The molecule has 0 aliphatic carbocycles. The maximum absolute atomic E-state index is 12.4. The molecule has 1 fully saturated rings. The van der Waals surface area contributed by atoms with Gasteiger partial charge in [-0.2, -0.15) is 0 Å². The van der Waals surface area contributed by atoms with Gasteiger partial charge in [0.15, 0.2) is 0 Å². The lowest BCUT2D eigenvalue weighted by Crippen LogP contribution is -2.41. The van der Waals surface area contributed by atoms with Crippen LogP contribution in [-0.4, -0.2) is 34.9 Å². The van der Waals surface area contributed by atoms with Gasteiger partial charge in [-0.15, -0.1) is 11.3 Å². The molecule has 6 heteroatoms. The lowest BCUT2D eigenvalue weighted by Gasteiger charge is -2.31. The lowest BCUT2D eigenvalue weighted by atomic mass is 9.95. The molecule has 3 N–H and O–H groups in total. The Kier molecular flexibility index (Phi) is 4.42. The molecule has 1 amide bonds. The molecule has 0 saturated carbocycles. The van der Waals surface area contributed by atoms with Crippen molar-refractivity contribution in [1.29, 1.82) is 0 Å². The van der Waals surface area contributed by atoms with Crippen molar-refractivity contribution in [2.45, 2.75) is 26.2 Å². The first-order valence-corrected chi connectivity index (χ1v) is 7.38. The number of amides is 1. The van der Waals surface area contributed by atoms with Crippen LogP contribution < -0.4 is 5.73 Å². The molecule has 0 aromatic carbocycles. The topological polar surface area (TPSA) is 78.9 Å². The van der Waals surface area contributed by atoms with E-state index in [1.54, 1.807) is 0 Å². The molecule has 2 heterocycles. The number of rotatable bonds is 3. The minimum absolute atomic E-state index is 0.0861. The zero-order valence-electron chi connectivity index (χ0n) is 11.0. The second-order valence-electron chi connectivity index (χ2n) is 4.72. The number of thiophene rings is 1. The van der Waals surface area contributed by atoms with Crippen LogP contribution in [0, 0.1) is 5.92 Å². The average molecular weight is 281 g/mol. The third kappa shape index (κ3) is 2.89. The van der Waals surface area contributed by atoms with Gasteiger partial charge in [-0.1, -0.05) is 12.1 Å². The summed E-state index contributed by atoms with van der Waals surface area (Å²) < 4.78 is 0. The molecule has 1 aromatic heterocycles. The van der Waals surface area contributed by atoms with Crippen molar-refractivity contribution >= 4 is 23.1 Å². The largest absolute Gasteiger partial charge is 0.409 e. The van der Waals surface area contributed by atoms with E-state index in [0.29, 0.717) is 13.1 Å². The van der Waals surface area contributed by atoms with Gasteiger partial charge in [0.1, 0.15) is 5.84 Å². The number of aryl methyl sites for hydroxylation is 1. The number of piperidine rings is 1. The van der Waals surface area contributed by atoms with Crippen LogP contribution in [-0.2, 0) is 6.42 Å². The Labute approximate surface area is 116 Å². The minimum Gasteiger partial charge on any atom is -0.409 e. The Morgan fingerprint density at radius 3 is 2.84 bits per heavy atom. The van der Waals surface area contributed by atoms with Crippen LogP contribution in [0.25, 0.3) is 0 Å². The number of hydrogen-bond acceptors (Lipinski definition) is 4. The average Bonchev–Trinajstić information content (AvgIpc) is 2.94. The highest BCUT2D eigenvalue weighted by molar-refractivity contribution is 7.12. The van der Waals surface area contributed by atoms with Gasteiger partial charge in [0.25, 0.3) is 5.91 Å². The molecule has 0 atom stereocenters. The SMILES string of the molecule is CCc1ccsc1C(=O)N1CCC(C(N)=NO)CC1. The van der Waals surface area contributed by atoms with Gasteiger partial charge < -0.3 is 15.8 Å². The van der Waals surface area contributed by atoms with Gasteiger partial charge in [-0.3, -0.25) is 4.79 Å². The summed E-state index contributed by atoms with van der Waals surface area (Å²) in [4.78, 5) is 15.1. The van der Waals surface area contributed by atoms with Gasteiger partial charge in [0, 0.05) is 19.0 Å². The molecule has 2 rings (SSSR count). The van der Waals surface area contributed by atoms with Crippen molar-refractivity contribution in [1.82, 2.24) is 4.90 Å². The van der Waals surface area contributed by atoms with E-state index in [0.717, 1.165) is 29.7 Å². The molecule has 1 aliphatic heterocycles. The molecule has 1 aliphatic rings. The summed E-state index contributed by atoms with van der Waals surface area (Å²) in [7, 11) is 0. The normalized spacial score (nSPS) is 17.7. The monoisotopic (exact) mass is 281 g/mol. The lowest BCUT2D eigenvalue weighted by molar-refractivity contribution is 0.0713. The molecule has 0 unspecified atom stereocenters. The number of carbonyl (C=O) groups is 1. The minimum atomic E-state index is 0.0861. The molecule has 104 valence electrons. The second-order valence-corrected chi connectivity index (χ2v) is 5.64. The molecular weight excluding hydrogens is 262 g/mol. The van der Waals surface area contributed by atoms with E-state index in [4.69, 9.17) is 10.9 Å². The molecule has 0 bridgehead atoms. The Bertz CT molecular complexity index is 476. The quantitative estimate of drug-likeness (QED) is 0.384. The van der Waals surface area contributed by atoms with Crippen molar-refractivity contribution in [3.8, 4) is 0 Å². The molecule has 0 radical (unpaired) electrons. The smallest absolute Gasteiger partial charge is 0.264 e. The number of oxime groups is 1. The maximum Gasteiger partial charge on any atom is 0.264 e. The van der Waals surface area contributed by atoms with Gasteiger partial charge in [-0.05, 0) is 36.3 Å². The van der Waals surface area contributed by atoms with Crippen LogP contribution >= 0.6 is 11.3 Å². The van der Waals surface area contributed by atoms with Gasteiger partial charge >= 0.3 is 0 Å². The predicted octanol–water partition coefficient (Wildman–Crippen LogP) is 1.91. The number of hydrogen-bond donors (Lipinski definition) is 2. The third-order valence-electron chi connectivity index (χ3n) is 3.64. The number of likely N-dealkylation sites (tertiary alicyclic amines) is 1. The Morgan fingerprint density at radius 1 is 1.58 bits per heavy atom. The van der Waals surface area contributed by atoms with E-state index in [2.05, 4.69) is 12.1 Å². The summed E-state index contributed by atoms with van der Waals surface area (Å²) >= 11 is 1.51. The van der Waals surface area contributed by atoms with Crippen LogP contribution in [0.2, 0.25) is 0 Å². The molecule has 1 saturated heterocycles. The first-order chi connectivity index (χ1) is 9.17. The molecule has 0 spiro atoms. The Balaban J connectivity index is 2.00. The van der Waals surface area contributed by atoms with Crippen LogP contribution in [0.4, 0.5) is 0 Å². The fourth-order valence-corrected chi connectivity index (χ4v) is 3.37. The molecule has 5 nitrogen and oxygen atoms in total. The van der Waals surface area contributed by atoms with Crippen LogP contribution in [0.15, 0.2) is 16.6 Å². The molecule has 1 aromatic rings. The Hall–Kier alpha value is -1.56. The fourth-order valence-electron chi connectivity index (χ4n) is 2.41. The van der Waals surface area contributed by atoms with E-state index in [9.17, 15) is 4.79 Å². The predicted molar refractivity (Wildman–Crippen MR) is 75.7 cm³/mol. The van der Waals surface area contributed by atoms with Crippen molar-refractivity contribution in [3.63, 3.8) is 0 Å². The van der Waals surface area contributed by atoms with E-state index >= 15 is 0 Å². The summed E-state index contributed by atoms with van der Waals surface area (Å²) in [6, 6.07) is 2.01. The second kappa shape index (κ2) is 6.06. The van der Waals surface area contributed by atoms with Gasteiger partial charge in [0.2, 0.25) is 0 Å². The third-order valence-corrected chi connectivity index (χ3v) is 4.58. The molecule has 19 heavy (non-hydrogen) atoms. The van der Waals surface area contributed by atoms with E-state index < -0.39 is 0 Å². The van der Waals surface area contributed by atoms with Gasteiger partial charge in [-0.25, -0.2) is 0 Å². The van der Waals surface area contributed by atoms with Crippen molar-refractivity contribution in [2.24, 2.45) is 16.8 Å². The van der Waals surface area contributed by atoms with E-state index in [1.807, 2.05) is 16.3 Å². The highest BCUT2D eigenvalue weighted by atomic mass is 32.1. The zero-order chi connectivity index (χ0) is 13.8. The van der Waals surface area contributed by atoms with Gasteiger partial charge in [0.05, 0.1) is 4.88 Å². The number of nitrogens with zero attached hydrogens (tertiary/aromatic N) is 2. The van der Waals surface area contributed by atoms with Crippen molar-refractivity contribution in [2.75, 3.05) is 13.1 Å². The number of amidine groups is 1. The Morgan fingerprint density at radius 2 is 2.26 bits per heavy atom. The van der Waals surface area contributed by atoms with E-state index in [-0.39, 0.29) is 17.7 Å². The van der Waals surface area contributed by atoms with Crippen molar-refractivity contribution < 1.29 is 10.0 Å².